The zero-order valence-electron chi connectivity index (χ0n) is 44.6. The van der Waals surface area contributed by atoms with Crippen LogP contribution in [0.2, 0.25) is 0 Å². The van der Waals surface area contributed by atoms with Crippen molar-refractivity contribution in [1.82, 2.24) is 29.5 Å². The van der Waals surface area contributed by atoms with E-state index in [4.69, 9.17) is 5.73 Å². The summed E-state index contributed by atoms with van der Waals surface area (Å²) in [5, 5.41) is 12.0. The SMILES string of the molecule is CN(C[C@@H](N=C=O)C(C)(C)C)S(=O)(=O)C1=CCC=C1.CN(C[C@@H](NC(=O)N[C@H](C(=O)N1CC2(C[C@H]1C(=O)NC(CC1CCC1)C(=O)C(N)=O)C(C)(C)C21CCC1)C(C)(C)C)C(C)(C)C)S(=O)(=O)c1ccsc1. The molecule has 72 heavy (non-hydrogen) atoms. The summed E-state index contributed by atoms with van der Waals surface area (Å²) in [6.07, 6.45) is 13.9. The van der Waals surface area contributed by atoms with Crippen molar-refractivity contribution < 1.29 is 45.6 Å². The summed E-state index contributed by atoms with van der Waals surface area (Å²) < 4.78 is 53.5. The van der Waals surface area contributed by atoms with Crippen LogP contribution in [0.15, 0.2) is 49.8 Å². The number of isocyanates is 1. The van der Waals surface area contributed by atoms with Crippen LogP contribution in [-0.4, -0.2) is 130 Å². The number of Topliss-reactive ketones (excluding diaryl/α,β-unsaturated/α-hetero) is 1. The Labute approximate surface area is 431 Å². The lowest BCUT2D eigenvalue weighted by Gasteiger charge is -2.38. The van der Waals surface area contributed by atoms with Crippen molar-refractivity contribution in [3.05, 3.63) is 40.0 Å². The van der Waals surface area contributed by atoms with E-state index in [9.17, 15) is 45.6 Å². The highest BCUT2D eigenvalue weighted by molar-refractivity contribution is 7.93. The predicted octanol–water partition coefficient (Wildman–Crippen LogP) is 5.87. The Hall–Kier alpha value is -4.27. The molecule has 2 unspecified atom stereocenters. The molecule has 18 nitrogen and oxygen atoms in total. The van der Waals surface area contributed by atoms with Gasteiger partial charge in [0.2, 0.25) is 43.7 Å². The van der Waals surface area contributed by atoms with Crippen molar-refractivity contribution in [2.24, 2.45) is 49.1 Å². The largest absolute Gasteiger partial charge is 0.363 e. The van der Waals surface area contributed by atoms with Crippen LogP contribution in [0.1, 0.15) is 134 Å². The average Bonchev–Trinajstić information content (AvgIpc) is 3.94. The zero-order chi connectivity index (χ0) is 54.2. The fourth-order valence-electron chi connectivity index (χ4n) is 11.1. The number of nitrogens with zero attached hydrogens (tertiary/aromatic N) is 4. The van der Waals surface area contributed by atoms with Gasteiger partial charge in [-0.25, -0.2) is 31.4 Å². The molecule has 1 saturated heterocycles. The molecule has 0 aromatic carbocycles. The first-order valence-electron chi connectivity index (χ1n) is 25.0. The Morgan fingerprint density at radius 1 is 0.875 bits per heavy atom. The van der Waals surface area contributed by atoms with Gasteiger partial charge in [0.15, 0.2) is 0 Å². The molecule has 1 aliphatic heterocycles. The molecule has 4 aliphatic carbocycles. The van der Waals surface area contributed by atoms with E-state index in [1.54, 1.807) is 33.9 Å². The van der Waals surface area contributed by atoms with Crippen molar-refractivity contribution in [1.29, 1.82) is 0 Å². The number of aliphatic imine (C=N–C) groups is 1. The summed E-state index contributed by atoms with van der Waals surface area (Å²) in [6, 6.07) is -3.19. The summed E-state index contributed by atoms with van der Waals surface area (Å²) in [6.45, 7) is 21.9. The van der Waals surface area contributed by atoms with Crippen LogP contribution >= 0.6 is 11.3 Å². The third-order valence-corrected chi connectivity index (χ3v) is 21.1. The number of primary amides is 1. The lowest BCUT2D eigenvalue weighted by molar-refractivity contribution is -0.143. The number of sulfonamides is 2. The van der Waals surface area contributed by atoms with Gasteiger partial charge >= 0.3 is 6.03 Å². The number of carbonyl (C=O) groups is 5. The van der Waals surface area contributed by atoms with Gasteiger partial charge in [-0.2, -0.15) is 19.9 Å². The van der Waals surface area contributed by atoms with Crippen LogP contribution in [-0.2, 0) is 44.0 Å². The summed E-state index contributed by atoms with van der Waals surface area (Å²) in [4.78, 5) is 84.2. The summed E-state index contributed by atoms with van der Waals surface area (Å²) in [7, 11) is -4.31. The second-order valence-corrected chi connectivity index (χ2v) is 29.2. The van der Waals surface area contributed by atoms with Gasteiger partial charge in [0, 0.05) is 50.6 Å². The Bertz CT molecular complexity index is 2540. The molecule has 5 N–H and O–H groups in total. The molecule has 1 aromatic rings. The van der Waals surface area contributed by atoms with Crippen LogP contribution in [0.5, 0.6) is 0 Å². The lowest BCUT2D eigenvalue weighted by atomic mass is 9.73. The first kappa shape index (κ1) is 58.6. The van der Waals surface area contributed by atoms with Gasteiger partial charge in [0.05, 0.1) is 21.9 Å². The van der Waals surface area contributed by atoms with Gasteiger partial charge in [-0.15, -0.1) is 0 Å². The van der Waals surface area contributed by atoms with Crippen LogP contribution in [0, 0.1) is 38.4 Å². The molecule has 402 valence electrons. The van der Waals surface area contributed by atoms with Gasteiger partial charge in [0.1, 0.15) is 12.1 Å². The maximum absolute atomic E-state index is 14.8. The number of thiophene rings is 1. The third kappa shape index (κ3) is 12.0. The molecule has 6 rings (SSSR count). The first-order valence-corrected chi connectivity index (χ1v) is 28.8. The number of fused-ring (bicyclic) bond motifs is 1. The molecule has 6 atom stereocenters. The highest BCUT2D eigenvalue weighted by Crippen LogP contribution is 2.88. The van der Waals surface area contributed by atoms with Crippen molar-refractivity contribution in [3.63, 3.8) is 0 Å². The molecule has 3 saturated carbocycles. The van der Waals surface area contributed by atoms with E-state index in [1.807, 2.05) is 62.3 Å². The quantitative estimate of drug-likeness (QED) is 0.0773. The van der Waals surface area contributed by atoms with Crippen molar-refractivity contribution in [2.75, 3.05) is 33.7 Å². The van der Waals surface area contributed by atoms with Gasteiger partial charge < -0.3 is 26.6 Å². The molecule has 5 amide bonds. The minimum atomic E-state index is -3.79. The molecule has 4 fully saturated rings. The third-order valence-electron chi connectivity index (χ3n) is 16.5. The van der Waals surface area contributed by atoms with E-state index >= 15 is 0 Å². The molecule has 0 radical (unpaired) electrons. The Morgan fingerprint density at radius 2 is 1.50 bits per heavy atom. The van der Waals surface area contributed by atoms with E-state index < -0.39 is 90.6 Å². The number of hydrogen-bond acceptors (Lipinski definition) is 12. The number of nitrogens with two attached hydrogens (primary N) is 1. The maximum Gasteiger partial charge on any atom is 0.315 e. The van der Waals surface area contributed by atoms with Crippen LogP contribution in [0.25, 0.3) is 0 Å². The van der Waals surface area contributed by atoms with Gasteiger partial charge in [-0.05, 0) is 82.6 Å². The van der Waals surface area contributed by atoms with E-state index in [0.29, 0.717) is 30.7 Å². The van der Waals surface area contributed by atoms with Crippen molar-refractivity contribution >= 4 is 67.0 Å². The average molecular weight is 1060 g/mol. The number of ketones is 1. The predicted molar refractivity (Wildman–Crippen MR) is 278 cm³/mol. The molecular formula is C51H80N8O10S3. The molecule has 0 bridgehead atoms. The smallest absolute Gasteiger partial charge is 0.315 e. The van der Waals surface area contributed by atoms with Gasteiger partial charge in [0.25, 0.3) is 5.91 Å². The van der Waals surface area contributed by atoms with Crippen molar-refractivity contribution in [2.45, 2.75) is 169 Å². The number of nitrogens with one attached hydrogen (secondary N) is 3. The molecule has 1 aromatic heterocycles. The van der Waals surface area contributed by atoms with Crippen molar-refractivity contribution in [3.8, 4) is 0 Å². The minimum Gasteiger partial charge on any atom is -0.363 e. The number of likely N-dealkylation sites (tertiary alicyclic amines) is 1. The van der Waals surface area contributed by atoms with Gasteiger partial charge in [-0.3, -0.25) is 19.2 Å². The number of carbonyl (C=O) groups excluding carboxylic acids is 6. The molecular weight excluding hydrogens is 981 g/mol. The van der Waals surface area contributed by atoms with Crippen LogP contribution in [0.4, 0.5) is 4.79 Å². The second kappa shape index (κ2) is 21.5. The fraction of sp³-hybridized carbons (Fsp3) is 0.725. The minimum absolute atomic E-state index is 0.000711. The standard InChI is InChI=1S/C38H60N6O7S2.C13H20N2O3S/c1-34(2,3)27(20-43(9)53(50,51)24-14-17-52-21-24)41-33(49)42-29(35(4,5)6)32(48)44-22-38(36(7,8)37(38)15-11-16-37)19-26(44)31(47)40-25(28(45)30(39)46)18-23-12-10-13-23;1-13(2,3)12(14-10-16)9-15(4)19(17,18)11-7-5-6-8-11/h14,17,21,23,25-27,29H,10-13,15-16,18-20,22H2,1-9H3,(H2,39,46)(H,40,47)(H2,41,42,49);5,7-8,12H,6,9H2,1-4H3/t25?,26-,27+,29+,38?;12-/m01/s1. The summed E-state index contributed by atoms with van der Waals surface area (Å²) >= 11 is 1.28. The molecule has 21 heteroatoms. The molecule has 2 heterocycles. The fourth-order valence-corrected chi connectivity index (χ4v) is 14.6. The highest BCUT2D eigenvalue weighted by atomic mass is 32.2. The Kier molecular flexibility index (Phi) is 17.5. The maximum atomic E-state index is 14.8. The normalized spacial score (nSPS) is 23.1. The van der Waals surface area contributed by atoms with Gasteiger partial charge in [-0.1, -0.05) is 114 Å². The summed E-state index contributed by atoms with van der Waals surface area (Å²) in [5.41, 5.74) is 3.32. The summed E-state index contributed by atoms with van der Waals surface area (Å²) in [5.74, 6) is -2.65. The zero-order valence-corrected chi connectivity index (χ0v) is 47.0. The van der Waals surface area contributed by atoms with E-state index in [-0.39, 0.29) is 45.6 Å². The van der Waals surface area contributed by atoms with Crippen LogP contribution in [0.3, 0.4) is 0 Å². The van der Waals surface area contributed by atoms with E-state index in [2.05, 4.69) is 34.8 Å². The Balaban J connectivity index is 0.000000425. The number of hydrogen-bond donors (Lipinski definition) is 4. The number of amides is 5. The number of rotatable bonds is 18. The Morgan fingerprint density at radius 3 is 1.94 bits per heavy atom. The second-order valence-electron chi connectivity index (χ2n) is 24.4. The monoisotopic (exact) mass is 1060 g/mol. The number of allylic oxidation sites excluding steroid dienone is 3. The number of likely N-dealkylation sites (N-methyl/N-ethyl adjacent to an activating group) is 2. The first-order chi connectivity index (χ1) is 33.1. The topological polar surface area (TPSA) is 255 Å². The number of urea groups is 1. The lowest BCUT2D eigenvalue weighted by Crippen LogP contribution is -2.62. The van der Waals surface area contributed by atoms with E-state index in [0.717, 1.165) is 38.5 Å². The molecule has 5 aliphatic rings. The van der Waals surface area contributed by atoms with E-state index in [1.165, 1.54) is 46.2 Å². The molecule has 2 spiro atoms. The van der Waals surface area contributed by atoms with Crippen LogP contribution < -0.4 is 21.7 Å². The highest BCUT2D eigenvalue weighted by Gasteiger charge is 2.85.